The lowest BCUT2D eigenvalue weighted by molar-refractivity contribution is 0.0276. The van der Waals surface area contributed by atoms with Gasteiger partial charge in [0, 0.05) is 44.0 Å². The third-order valence-electron chi connectivity index (χ3n) is 4.40. The van der Waals surface area contributed by atoms with Crippen molar-refractivity contribution in [1.29, 1.82) is 0 Å². The number of aromatic nitrogens is 2. The van der Waals surface area contributed by atoms with Gasteiger partial charge in [-0.25, -0.2) is 9.78 Å². The molecule has 0 aliphatic carbocycles. The Balaban J connectivity index is 1.62. The molecule has 1 aromatic rings. The molecule has 0 radical (unpaired) electrons. The van der Waals surface area contributed by atoms with Gasteiger partial charge in [-0.3, -0.25) is 4.98 Å². The summed E-state index contributed by atoms with van der Waals surface area (Å²) in [4.78, 5) is 24.9. The Kier molecular flexibility index (Phi) is 3.70. The van der Waals surface area contributed by atoms with Crippen LogP contribution in [0.15, 0.2) is 18.6 Å². The van der Waals surface area contributed by atoms with Gasteiger partial charge in [-0.2, -0.15) is 0 Å². The lowest BCUT2D eigenvalue weighted by atomic mass is 9.86. The summed E-state index contributed by atoms with van der Waals surface area (Å²) < 4.78 is 5.49. The van der Waals surface area contributed by atoms with Crippen LogP contribution in [-0.2, 0) is 4.74 Å². The van der Waals surface area contributed by atoms with E-state index >= 15 is 0 Å². The summed E-state index contributed by atoms with van der Waals surface area (Å²) in [5.74, 6) is 0.926. The molecule has 1 atom stereocenters. The number of rotatable bonds is 1. The second kappa shape index (κ2) is 5.41. The quantitative estimate of drug-likeness (QED) is 0.797. The molecule has 2 aliphatic rings. The number of nitrogens with zero attached hydrogens (tertiary/aromatic N) is 4. The fourth-order valence-corrected chi connectivity index (χ4v) is 3.34. The third kappa shape index (κ3) is 3.15. The number of anilines is 1. The Morgan fingerprint density at radius 3 is 2.68 bits per heavy atom. The van der Waals surface area contributed by atoms with Crippen LogP contribution in [0.3, 0.4) is 0 Å². The molecule has 6 heteroatoms. The number of amides is 1. The van der Waals surface area contributed by atoms with Crippen molar-refractivity contribution >= 4 is 11.9 Å². The van der Waals surface area contributed by atoms with Crippen LogP contribution in [0.25, 0.3) is 0 Å². The van der Waals surface area contributed by atoms with Crippen LogP contribution in [0.1, 0.15) is 33.6 Å². The number of hydrogen-bond donors (Lipinski definition) is 0. The van der Waals surface area contributed by atoms with Crippen molar-refractivity contribution in [2.24, 2.45) is 5.41 Å². The molecule has 1 amide bonds. The van der Waals surface area contributed by atoms with Crippen molar-refractivity contribution in [2.75, 3.05) is 31.1 Å². The monoisotopic (exact) mass is 304 g/mol. The van der Waals surface area contributed by atoms with Gasteiger partial charge in [-0.15, -0.1) is 0 Å². The summed E-state index contributed by atoms with van der Waals surface area (Å²) in [7, 11) is 0. The molecular formula is C16H24N4O2. The second-order valence-electron chi connectivity index (χ2n) is 7.39. The van der Waals surface area contributed by atoms with Crippen LogP contribution in [-0.4, -0.2) is 52.7 Å². The maximum atomic E-state index is 12.2. The summed E-state index contributed by atoms with van der Waals surface area (Å²) in [6.07, 6.45) is 7.14. The van der Waals surface area contributed by atoms with Crippen LogP contribution in [0.2, 0.25) is 0 Å². The van der Waals surface area contributed by atoms with Crippen molar-refractivity contribution in [2.45, 2.75) is 39.2 Å². The highest BCUT2D eigenvalue weighted by Crippen LogP contribution is 2.40. The van der Waals surface area contributed by atoms with E-state index in [1.165, 1.54) is 0 Å². The minimum Gasteiger partial charge on any atom is -0.444 e. The van der Waals surface area contributed by atoms with Gasteiger partial charge in [0.2, 0.25) is 0 Å². The smallest absolute Gasteiger partial charge is 0.410 e. The Morgan fingerprint density at radius 2 is 2.00 bits per heavy atom. The van der Waals surface area contributed by atoms with E-state index in [0.717, 1.165) is 44.8 Å². The van der Waals surface area contributed by atoms with E-state index in [9.17, 15) is 4.79 Å². The molecular weight excluding hydrogens is 280 g/mol. The summed E-state index contributed by atoms with van der Waals surface area (Å²) in [6.45, 7) is 9.18. The molecule has 1 unspecified atom stereocenters. The summed E-state index contributed by atoms with van der Waals surface area (Å²) in [5, 5.41) is 0. The predicted octanol–water partition coefficient (Wildman–Crippen LogP) is 2.31. The topological polar surface area (TPSA) is 58.6 Å². The maximum Gasteiger partial charge on any atom is 0.410 e. The fourth-order valence-electron chi connectivity index (χ4n) is 3.34. The lowest BCUT2D eigenvalue weighted by Gasteiger charge is -2.27. The van der Waals surface area contributed by atoms with E-state index in [1.807, 2.05) is 25.7 Å². The Bertz CT molecular complexity index is 543. The van der Waals surface area contributed by atoms with Crippen LogP contribution < -0.4 is 4.90 Å². The second-order valence-corrected chi connectivity index (χ2v) is 7.39. The summed E-state index contributed by atoms with van der Waals surface area (Å²) >= 11 is 0. The number of ether oxygens (including phenoxy) is 1. The van der Waals surface area contributed by atoms with Gasteiger partial charge >= 0.3 is 6.09 Å². The average molecular weight is 304 g/mol. The highest BCUT2D eigenvalue weighted by atomic mass is 16.6. The molecule has 3 heterocycles. The van der Waals surface area contributed by atoms with Crippen LogP contribution in [0, 0.1) is 5.41 Å². The highest BCUT2D eigenvalue weighted by Gasteiger charge is 2.45. The first-order valence-electron chi connectivity index (χ1n) is 7.86. The van der Waals surface area contributed by atoms with Gasteiger partial charge in [0.05, 0.1) is 6.20 Å². The number of carbonyl (C=O) groups excluding carboxylic acids is 1. The normalized spacial score (nSPS) is 25.0. The summed E-state index contributed by atoms with van der Waals surface area (Å²) in [6, 6.07) is 0. The maximum absolute atomic E-state index is 12.2. The zero-order chi connectivity index (χ0) is 15.8. The van der Waals surface area contributed by atoms with E-state index in [4.69, 9.17) is 4.74 Å². The minimum atomic E-state index is -0.436. The molecule has 0 N–H and O–H groups in total. The molecule has 0 saturated carbocycles. The first-order valence-corrected chi connectivity index (χ1v) is 7.86. The highest BCUT2D eigenvalue weighted by molar-refractivity contribution is 5.68. The van der Waals surface area contributed by atoms with Gasteiger partial charge in [-0.1, -0.05) is 0 Å². The van der Waals surface area contributed by atoms with Crippen molar-refractivity contribution in [3.63, 3.8) is 0 Å². The van der Waals surface area contributed by atoms with E-state index in [0.29, 0.717) is 0 Å². The Labute approximate surface area is 131 Å². The van der Waals surface area contributed by atoms with Gasteiger partial charge in [-0.05, 0) is 33.6 Å². The Hall–Kier alpha value is -1.85. The Morgan fingerprint density at radius 1 is 1.23 bits per heavy atom. The van der Waals surface area contributed by atoms with Gasteiger partial charge in [0.1, 0.15) is 11.4 Å². The fraction of sp³-hybridized carbons (Fsp3) is 0.688. The van der Waals surface area contributed by atoms with E-state index in [1.54, 1.807) is 18.6 Å². The molecule has 1 aromatic heterocycles. The van der Waals surface area contributed by atoms with Crippen LogP contribution in [0.4, 0.5) is 10.6 Å². The van der Waals surface area contributed by atoms with Gasteiger partial charge in [0.15, 0.2) is 0 Å². The first kappa shape index (κ1) is 15.1. The zero-order valence-corrected chi connectivity index (χ0v) is 13.6. The molecule has 22 heavy (non-hydrogen) atoms. The lowest BCUT2D eigenvalue weighted by Crippen LogP contribution is -2.37. The predicted molar refractivity (Wildman–Crippen MR) is 83.7 cm³/mol. The molecule has 3 rings (SSSR count). The average Bonchev–Trinajstić information content (AvgIpc) is 3.06. The molecule has 0 aromatic carbocycles. The van der Waals surface area contributed by atoms with E-state index < -0.39 is 5.60 Å². The minimum absolute atomic E-state index is 0.175. The van der Waals surface area contributed by atoms with Crippen LogP contribution >= 0.6 is 0 Å². The SMILES string of the molecule is CC(C)(C)OC(=O)N1CCC2(CCN(c3cnccn3)C2)C1. The van der Waals surface area contributed by atoms with Gasteiger partial charge in [0.25, 0.3) is 0 Å². The van der Waals surface area contributed by atoms with Crippen molar-refractivity contribution < 1.29 is 9.53 Å². The van der Waals surface area contributed by atoms with Gasteiger partial charge < -0.3 is 14.5 Å². The molecule has 120 valence electrons. The van der Waals surface area contributed by atoms with Crippen molar-refractivity contribution in [3.05, 3.63) is 18.6 Å². The molecule has 0 bridgehead atoms. The van der Waals surface area contributed by atoms with Crippen molar-refractivity contribution in [1.82, 2.24) is 14.9 Å². The largest absolute Gasteiger partial charge is 0.444 e. The first-order chi connectivity index (χ1) is 10.4. The number of hydrogen-bond acceptors (Lipinski definition) is 5. The number of likely N-dealkylation sites (tertiary alicyclic amines) is 1. The third-order valence-corrected chi connectivity index (χ3v) is 4.40. The molecule has 2 saturated heterocycles. The van der Waals surface area contributed by atoms with E-state index in [2.05, 4.69) is 14.9 Å². The zero-order valence-electron chi connectivity index (χ0n) is 13.6. The molecule has 1 spiro atoms. The standard InChI is InChI=1S/C16H24N4O2/c1-15(2,3)22-14(21)20-9-5-16(12-20)4-8-19(11-16)13-10-17-6-7-18-13/h6-7,10H,4-5,8-9,11-12H2,1-3H3. The molecule has 6 nitrogen and oxygen atoms in total. The summed E-state index contributed by atoms with van der Waals surface area (Å²) in [5.41, 5.74) is -0.261. The van der Waals surface area contributed by atoms with Crippen molar-refractivity contribution in [3.8, 4) is 0 Å². The number of carbonyl (C=O) groups is 1. The molecule has 2 aliphatic heterocycles. The van der Waals surface area contributed by atoms with Crippen LogP contribution in [0.5, 0.6) is 0 Å². The van der Waals surface area contributed by atoms with E-state index in [-0.39, 0.29) is 11.5 Å². The molecule has 2 fully saturated rings.